The lowest BCUT2D eigenvalue weighted by Crippen LogP contribution is -2.28. The van der Waals surface area contributed by atoms with Crippen LogP contribution in [0.15, 0.2) is 58.5 Å². The van der Waals surface area contributed by atoms with Crippen LogP contribution >= 0.6 is 0 Å². The van der Waals surface area contributed by atoms with E-state index in [2.05, 4.69) is 15.1 Å². The van der Waals surface area contributed by atoms with E-state index in [4.69, 9.17) is 4.42 Å². The van der Waals surface area contributed by atoms with Crippen LogP contribution < -0.4 is 10.0 Å². The van der Waals surface area contributed by atoms with E-state index in [0.29, 0.717) is 17.8 Å². The second kappa shape index (κ2) is 7.77. The number of carbonyl (C=O) groups excluding carboxylic acids is 1. The fourth-order valence-corrected chi connectivity index (χ4v) is 3.91. The van der Waals surface area contributed by atoms with E-state index in [1.807, 2.05) is 12.3 Å². The number of sulfonamides is 1. The number of benzene rings is 1. The highest BCUT2D eigenvalue weighted by atomic mass is 32.2. The van der Waals surface area contributed by atoms with Crippen molar-refractivity contribution in [2.45, 2.75) is 25.3 Å². The molecule has 2 heterocycles. The van der Waals surface area contributed by atoms with Gasteiger partial charge in [-0.25, -0.2) is 13.1 Å². The van der Waals surface area contributed by atoms with Crippen molar-refractivity contribution in [1.82, 2.24) is 14.5 Å². The van der Waals surface area contributed by atoms with Gasteiger partial charge < -0.3 is 9.73 Å². The first kappa shape index (κ1) is 18.9. The van der Waals surface area contributed by atoms with Crippen LogP contribution in [0.25, 0.3) is 11.1 Å². The first-order valence-corrected chi connectivity index (χ1v) is 9.76. The maximum absolute atomic E-state index is 12.5. The minimum absolute atomic E-state index is 0.177. The van der Waals surface area contributed by atoms with Crippen LogP contribution in [0.3, 0.4) is 0 Å². The molecule has 0 aliphatic rings. The summed E-state index contributed by atoms with van der Waals surface area (Å²) in [4.78, 5) is 11.3. The number of furan rings is 1. The number of nitrogens with zero attached hydrogens (tertiary/aromatic N) is 2. The SMILES string of the molecule is CC(=O)Nc1ccc(S(=O)(=O)NCCn2cc(-c3ccoc3)cn2)c(C)c1. The maximum Gasteiger partial charge on any atom is 0.240 e. The van der Waals surface area contributed by atoms with Gasteiger partial charge in [-0.2, -0.15) is 5.10 Å². The van der Waals surface area contributed by atoms with E-state index < -0.39 is 10.0 Å². The molecule has 3 rings (SSSR count). The summed E-state index contributed by atoms with van der Waals surface area (Å²) in [6, 6.07) is 6.50. The number of carbonyl (C=O) groups is 1. The van der Waals surface area contributed by atoms with Crippen LogP contribution in [0.5, 0.6) is 0 Å². The zero-order valence-electron chi connectivity index (χ0n) is 15.0. The Morgan fingerprint density at radius 2 is 2.07 bits per heavy atom. The fourth-order valence-electron chi connectivity index (χ4n) is 2.67. The lowest BCUT2D eigenvalue weighted by atomic mass is 10.2. The predicted octanol–water partition coefficient (Wildman–Crippen LogP) is 2.39. The topological polar surface area (TPSA) is 106 Å². The van der Waals surface area contributed by atoms with E-state index >= 15 is 0 Å². The number of amides is 1. The first-order chi connectivity index (χ1) is 12.8. The van der Waals surface area contributed by atoms with Crippen molar-refractivity contribution in [1.29, 1.82) is 0 Å². The van der Waals surface area contributed by atoms with Gasteiger partial charge in [0, 0.05) is 36.5 Å². The first-order valence-electron chi connectivity index (χ1n) is 8.28. The molecule has 0 aliphatic carbocycles. The molecule has 0 saturated heterocycles. The number of anilines is 1. The van der Waals surface area contributed by atoms with Crippen LogP contribution in [-0.4, -0.2) is 30.7 Å². The molecule has 0 saturated carbocycles. The second-order valence-corrected chi connectivity index (χ2v) is 7.80. The van der Waals surface area contributed by atoms with Crippen LogP contribution in [0.4, 0.5) is 5.69 Å². The molecule has 9 heteroatoms. The van der Waals surface area contributed by atoms with Crippen LogP contribution in [-0.2, 0) is 21.4 Å². The Morgan fingerprint density at radius 1 is 1.26 bits per heavy atom. The monoisotopic (exact) mass is 388 g/mol. The molecule has 0 unspecified atom stereocenters. The van der Waals surface area contributed by atoms with Crippen LogP contribution in [0.1, 0.15) is 12.5 Å². The summed E-state index contributed by atoms with van der Waals surface area (Å²) in [7, 11) is -3.66. The summed E-state index contributed by atoms with van der Waals surface area (Å²) in [6.45, 7) is 3.67. The highest BCUT2D eigenvalue weighted by molar-refractivity contribution is 7.89. The van der Waals surface area contributed by atoms with Crippen molar-refractivity contribution in [2.24, 2.45) is 0 Å². The third kappa shape index (κ3) is 4.63. The number of hydrogen-bond donors (Lipinski definition) is 2. The average molecular weight is 388 g/mol. The Balaban J connectivity index is 1.62. The van der Waals surface area contributed by atoms with E-state index in [9.17, 15) is 13.2 Å². The second-order valence-electron chi connectivity index (χ2n) is 6.06. The van der Waals surface area contributed by atoms with E-state index in [0.717, 1.165) is 11.1 Å². The lowest BCUT2D eigenvalue weighted by molar-refractivity contribution is -0.114. The minimum Gasteiger partial charge on any atom is -0.472 e. The van der Waals surface area contributed by atoms with Gasteiger partial charge in [0.25, 0.3) is 0 Å². The number of hydrogen-bond acceptors (Lipinski definition) is 5. The van der Waals surface area contributed by atoms with E-state index in [1.165, 1.54) is 13.0 Å². The minimum atomic E-state index is -3.66. The van der Waals surface area contributed by atoms with Gasteiger partial charge in [-0.15, -0.1) is 0 Å². The zero-order valence-corrected chi connectivity index (χ0v) is 15.8. The van der Waals surface area contributed by atoms with Gasteiger partial charge >= 0.3 is 0 Å². The Morgan fingerprint density at radius 3 is 2.74 bits per heavy atom. The number of aryl methyl sites for hydroxylation is 1. The number of aromatic nitrogens is 2. The van der Waals surface area contributed by atoms with Crippen molar-refractivity contribution >= 4 is 21.6 Å². The van der Waals surface area contributed by atoms with Crippen molar-refractivity contribution in [3.63, 3.8) is 0 Å². The lowest BCUT2D eigenvalue weighted by Gasteiger charge is -2.11. The van der Waals surface area contributed by atoms with Gasteiger partial charge in [0.05, 0.1) is 30.2 Å². The highest BCUT2D eigenvalue weighted by Crippen LogP contribution is 2.20. The molecule has 8 nitrogen and oxygen atoms in total. The largest absolute Gasteiger partial charge is 0.472 e. The van der Waals surface area contributed by atoms with Gasteiger partial charge in [0.1, 0.15) is 0 Å². The Hall–Kier alpha value is -2.91. The molecule has 1 amide bonds. The van der Waals surface area contributed by atoms with Gasteiger partial charge in [-0.05, 0) is 36.8 Å². The Bertz CT molecular complexity index is 1040. The molecule has 1 aromatic carbocycles. The van der Waals surface area contributed by atoms with Crippen molar-refractivity contribution in [3.8, 4) is 11.1 Å². The Kier molecular flexibility index (Phi) is 5.43. The van der Waals surface area contributed by atoms with Crippen molar-refractivity contribution in [2.75, 3.05) is 11.9 Å². The summed E-state index contributed by atoms with van der Waals surface area (Å²) in [5.74, 6) is -0.211. The molecule has 0 fully saturated rings. The molecule has 0 radical (unpaired) electrons. The van der Waals surface area contributed by atoms with Gasteiger partial charge in [0.15, 0.2) is 0 Å². The highest BCUT2D eigenvalue weighted by Gasteiger charge is 2.17. The van der Waals surface area contributed by atoms with Gasteiger partial charge in [-0.1, -0.05) is 0 Å². The number of nitrogens with one attached hydrogen (secondary N) is 2. The molecule has 0 bridgehead atoms. The van der Waals surface area contributed by atoms with Crippen molar-refractivity contribution < 1.29 is 17.6 Å². The van der Waals surface area contributed by atoms with E-state index in [-0.39, 0.29) is 17.3 Å². The molecule has 2 aromatic heterocycles. The third-order valence-corrected chi connectivity index (χ3v) is 5.53. The fraction of sp³-hybridized carbons (Fsp3) is 0.222. The van der Waals surface area contributed by atoms with Crippen LogP contribution in [0, 0.1) is 6.92 Å². The number of rotatable bonds is 7. The molecule has 0 atom stereocenters. The quantitative estimate of drug-likeness (QED) is 0.646. The molecule has 0 spiro atoms. The summed E-state index contributed by atoms with van der Waals surface area (Å²) >= 11 is 0. The van der Waals surface area contributed by atoms with Gasteiger partial charge in [-0.3, -0.25) is 9.48 Å². The van der Waals surface area contributed by atoms with Gasteiger partial charge in [0.2, 0.25) is 15.9 Å². The predicted molar refractivity (Wildman–Crippen MR) is 101 cm³/mol. The summed E-state index contributed by atoms with van der Waals surface area (Å²) in [5, 5.41) is 6.85. The molecule has 2 N–H and O–H groups in total. The van der Waals surface area contributed by atoms with E-state index in [1.54, 1.807) is 42.5 Å². The smallest absolute Gasteiger partial charge is 0.240 e. The van der Waals surface area contributed by atoms with Crippen LogP contribution in [0.2, 0.25) is 0 Å². The Labute approximate surface area is 157 Å². The molecule has 0 aliphatic heterocycles. The standard InChI is InChI=1S/C18H20N4O4S/c1-13-9-17(21-14(2)23)3-4-18(13)27(24,25)20-6-7-22-11-16(10-19-22)15-5-8-26-12-15/h3-5,8-12,20H,6-7H2,1-2H3,(H,21,23). The molecule has 3 aromatic rings. The summed E-state index contributed by atoms with van der Waals surface area (Å²) in [5.41, 5.74) is 2.92. The molecule has 142 valence electrons. The third-order valence-electron chi connectivity index (χ3n) is 3.91. The zero-order chi connectivity index (χ0) is 19.4. The van der Waals surface area contributed by atoms with Crippen molar-refractivity contribution in [3.05, 3.63) is 54.7 Å². The summed E-state index contributed by atoms with van der Waals surface area (Å²) < 4.78 is 34.3. The molecular formula is C18H20N4O4S. The average Bonchev–Trinajstić information content (AvgIpc) is 3.25. The molecule has 27 heavy (non-hydrogen) atoms. The normalized spacial score (nSPS) is 11.5. The summed E-state index contributed by atoms with van der Waals surface area (Å²) in [6.07, 6.45) is 6.73. The molecular weight excluding hydrogens is 368 g/mol. The maximum atomic E-state index is 12.5.